The van der Waals surface area contributed by atoms with Crippen molar-refractivity contribution in [1.82, 2.24) is 20.2 Å². The molecule has 6 heteroatoms. The Labute approximate surface area is 178 Å². The van der Waals surface area contributed by atoms with Crippen molar-refractivity contribution in [1.29, 1.82) is 0 Å². The third-order valence-electron chi connectivity index (χ3n) is 7.14. The predicted molar refractivity (Wildman–Crippen MR) is 120 cm³/mol. The Morgan fingerprint density at radius 1 is 1.07 bits per heavy atom. The second-order valence-electron chi connectivity index (χ2n) is 9.39. The number of aromatic nitrogens is 2. The molecule has 2 heterocycles. The summed E-state index contributed by atoms with van der Waals surface area (Å²) in [7, 11) is 1.84. The fourth-order valence-corrected chi connectivity index (χ4v) is 5.30. The predicted octanol–water partition coefficient (Wildman–Crippen LogP) is 4.15. The van der Waals surface area contributed by atoms with E-state index < -0.39 is 0 Å². The lowest BCUT2D eigenvalue weighted by atomic mass is 9.74. The highest BCUT2D eigenvalue weighted by Crippen LogP contribution is 2.37. The number of rotatable bonds is 3. The van der Waals surface area contributed by atoms with E-state index in [1.807, 2.05) is 32.3 Å². The normalized spacial score (nSPS) is 25.2. The Morgan fingerprint density at radius 3 is 2.57 bits per heavy atom. The average molecular weight is 411 g/mol. The van der Waals surface area contributed by atoms with Crippen molar-refractivity contribution in [3.63, 3.8) is 0 Å². The van der Waals surface area contributed by atoms with Gasteiger partial charge in [0.15, 0.2) is 0 Å². The first-order chi connectivity index (χ1) is 14.4. The van der Waals surface area contributed by atoms with Crippen LogP contribution in [0, 0.1) is 12.8 Å². The summed E-state index contributed by atoms with van der Waals surface area (Å²) in [6.07, 6.45) is 10.5. The molecule has 6 nitrogen and oxygen atoms in total. The van der Waals surface area contributed by atoms with E-state index in [4.69, 9.17) is 0 Å². The molecule has 4 rings (SSSR count). The SMILES string of the molecule is Cc1cc2c(cn1)cc(C1CC(NC(=O)NC3CCCCC3)CCC1C)c(=O)n2C. The molecule has 0 bridgehead atoms. The number of carbonyl (C=O) groups excluding carboxylic acids is 1. The van der Waals surface area contributed by atoms with E-state index >= 15 is 0 Å². The molecule has 2 aliphatic rings. The molecule has 2 fully saturated rings. The van der Waals surface area contributed by atoms with Crippen LogP contribution in [-0.2, 0) is 7.05 Å². The van der Waals surface area contributed by atoms with Crippen LogP contribution in [0.1, 0.15) is 75.5 Å². The number of carbonyl (C=O) groups is 1. The summed E-state index contributed by atoms with van der Waals surface area (Å²) in [6.45, 7) is 4.16. The first kappa shape index (κ1) is 20.9. The molecule has 162 valence electrons. The average Bonchev–Trinajstić information content (AvgIpc) is 2.73. The highest BCUT2D eigenvalue weighted by Gasteiger charge is 2.32. The van der Waals surface area contributed by atoms with Crippen LogP contribution in [0.25, 0.3) is 10.9 Å². The van der Waals surface area contributed by atoms with Crippen LogP contribution in [0.2, 0.25) is 0 Å². The lowest BCUT2D eigenvalue weighted by Crippen LogP contribution is -2.48. The molecule has 0 aromatic carbocycles. The van der Waals surface area contributed by atoms with Crippen LogP contribution in [0.3, 0.4) is 0 Å². The number of pyridine rings is 2. The quantitative estimate of drug-likeness (QED) is 0.798. The second-order valence-corrected chi connectivity index (χ2v) is 9.39. The van der Waals surface area contributed by atoms with E-state index in [0.717, 1.165) is 54.3 Å². The molecular formula is C24H34N4O2. The van der Waals surface area contributed by atoms with E-state index in [9.17, 15) is 9.59 Å². The van der Waals surface area contributed by atoms with Crippen molar-refractivity contribution in [2.75, 3.05) is 0 Å². The van der Waals surface area contributed by atoms with E-state index in [-0.39, 0.29) is 23.6 Å². The lowest BCUT2D eigenvalue weighted by Gasteiger charge is -2.35. The molecular weight excluding hydrogens is 376 g/mol. The van der Waals surface area contributed by atoms with Crippen molar-refractivity contribution < 1.29 is 4.79 Å². The largest absolute Gasteiger partial charge is 0.335 e. The number of hydrogen-bond acceptors (Lipinski definition) is 3. The maximum absolute atomic E-state index is 13.2. The summed E-state index contributed by atoms with van der Waals surface area (Å²) in [6, 6.07) is 4.35. The van der Waals surface area contributed by atoms with Crippen LogP contribution in [0.5, 0.6) is 0 Å². The maximum Gasteiger partial charge on any atom is 0.315 e. The number of aryl methyl sites for hydroxylation is 2. The Morgan fingerprint density at radius 2 is 1.80 bits per heavy atom. The number of nitrogens with zero attached hydrogens (tertiary/aromatic N) is 2. The van der Waals surface area contributed by atoms with Crippen LogP contribution in [0.15, 0.2) is 23.1 Å². The van der Waals surface area contributed by atoms with Gasteiger partial charge in [-0.15, -0.1) is 0 Å². The van der Waals surface area contributed by atoms with Gasteiger partial charge in [-0.2, -0.15) is 0 Å². The molecule has 2 aromatic rings. The molecule has 3 atom stereocenters. The van der Waals surface area contributed by atoms with Crippen LogP contribution in [-0.4, -0.2) is 27.7 Å². The zero-order valence-corrected chi connectivity index (χ0v) is 18.4. The minimum absolute atomic E-state index is 0.0497. The van der Waals surface area contributed by atoms with Gasteiger partial charge in [-0.1, -0.05) is 26.2 Å². The minimum Gasteiger partial charge on any atom is -0.335 e. The summed E-state index contributed by atoms with van der Waals surface area (Å²) >= 11 is 0. The van der Waals surface area contributed by atoms with Gasteiger partial charge in [0.05, 0.1) is 5.52 Å². The van der Waals surface area contributed by atoms with Gasteiger partial charge in [0.2, 0.25) is 0 Å². The molecule has 2 N–H and O–H groups in total. The van der Waals surface area contributed by atoms with Gasteiger partial charge in [0.25, 0.3) is 5.56 Å². The van der Waals surface area contributed by atoms with Crippen molar-refractivity contribution in [3.8, 4) is 0 Å². The number of nitrogens with one attached hydrogen (secondary N) is 2. The molecule has 2 saturated carbocycles. The van der Waals surface area contributed by atoms with Crippen LogP contribution >= 0.6 is 0 Å². The molecule has 0 aliphatic heterocycles. The number of fused-ring (bicyclic) bond motifs is 1. The summed E-state index contributed by atoms with van der Waals surface area (Å²) in [5, 5.41) is 7.35. The molecule has 0 saturated heterocycles. The highest BCUT2D eigenvalue weighted by molar-refractivity contribution is 5.79. The summed E-state index contributed by atoms with van der Waals surface area (Å²) in [5.74, 6) is 0.552. The molecule has 30 heavy (non-hydrogen) atoms. The fraction of sp³-hybridized carbons (Fsp3) is 0.625. The van der Waals surface area contributed by atoms with Crippen molar-refractivity contribution in [3.05, 3.63) is 39.9 Å². The third kappa shape index (κ3) is 4.37. The van der Waals surface area contributed by atoms with Gasteiger partial charge in [-0.3, -0.25) is 9.78 Å². The van der Waals surface area contributed by atoms with Crippen molar-refractivity contribution in [2.45, 2.75) is 83.2 Å². The topological polar surface area (TPSA) is 76.0 Å². The standard InChI is InChI=1S/C24H34N4O2/c1-15-9-10-19(27-24(30)26-18-7-5-4-6-8-18)13-20(15)21-12-17-14-25-16(2)11-22(17)28(3)23(21)29/h11-12,14-15,18-20H,4-10,13H2,1-3H3,(H2,26,27,30). The second kappa shape index (κ2) is 8.78. The smallest absolute Gasteiger partial charge is 0.315 e. The van der Waals surface area contributed by atoms with Crippen molar-refractivity contribution >= 4 is 16.9 Å². The van der Waals surface area contributed by atoms with Crippen LogP contribution < -0.4 is 16.2 Å². The molecule has 0 spiro atoms. The summed E-state index contributed by atoms with van der Waals surface area (Å²) < 4.78 is 1.75. The van der Waals surface area contributed by atoms with Gasteiger partial charge in [0, 0.05) is 42.0 Å². The Bertz CT molecular complexity index is 977. The van der Waals surface area contributed by atoms with Gasteiger partial charge >= 0.3 is 6.03 Å². The summed E-state index contributed by atoms with van der Waals surface area (Å²) in [5.41, 5.74) is 2.74. The van der Waals surface area contributed by atoms with Crippen LogP contribution in [0.4, 0.5) is 4.79 Å². The molecule has 2 aliphatic carbocycles. The van der Waals surface area contributed by atoms with Gasteiger partial charge < -0.3 is 15.2 Å². The van der Waals surface area contributed by atoms with E-state index in [1.165, 1.54) is 19.3 Å². The van der Waals surface area contributed by atoms with Gasteiger partial charge in [-0.05, 0) is 63.0 Å². The fourth-order valence-electron chi connectivity index (χ4n) is 5.30. The van der Waals surface area contributed by atoms with E-state index in [1.54, 1.807) is 4.57 Å². The lowest BCUT2D eigenvalue weighted by molar-refractivity contribution is 0.215. The Balaban J connectivity index is 1.51. The number of amides is 2. The molecule has 0 radical (unpaired) electrons. The van der Waals surface area contributed by atoms with Crippen molar-refractivity contribution in [2.24, 2.45) is 13.0 Å². The Hall–Kier alpha value is -2.37. The monoisotopic (exact) mass is 410 g/mol. The van der Waals surface area contributed by atoms with E-state index in [0.29, 0.717) is 12.0 Å². The zero-order valence-electron chi connectivity index (χ0n) is 18.4. The number of urea groups is 1. The molecule has 3 unspecified atom stereocenters. The zero-order chi connectivity index (χ0) is 21.3. The highest BCUT2D eigenvalue weighted by atomic mass is 16.2. The van der Waals surface area contributed by atoms with Gasteiger partial charge in [0.1, 0.15) is 0 Å². The molecule has 2 aromatic heterocycles. The maximum atomic E-state index is 13.2. The number of hydrogen-bond donors (Lipinski definition) is 2. The first-order valence-corrected chi connectivity index (χ1v) is 11.5. The Kier molecular flexibility index (Phi) is 6.11. The first-order valence-electron chi connectivity index (χ1n) is 11.5. The summed E-state index contributed by atoms with van der Waals surface area (Å²) in [4.78, 5) is 30.1. The van der Waals surface area contributed by atoms with Gasteiger partial charge in [-0.25, -0.2) is 4.79 Å². The minimum atomic E-state index is -0.0497. The molecule has 2 amide bonds. The van der Waals surface area contributed by atoms with E-state index in [2.05, 4.69) is 22.5 Å². The third-order valence-corrected chi connectivity index (χ3v) is 7.14.